The molecule has 120 valence electrons. The van der Waals surface area contributed by atoms with E-state index < -0.39 is 5.91 Å². The summed E-state index contributed by atoms with van der Waals surface area (Å²) in [4.78, 5) is 35.0. The molecule has 2 aromatic rings. The normalized spacial score (nSPS) is 12.7. The first-order chi connectivity index (χ1) is 10.7. The standard InChI is InChI=1S/C16H19N5O2/c1-8-6-13-10(3)18-16(20-15(17)19-11(4)22)21(12(5)23)14(13)7-9(8)2/h6-7H,1-5H3,(H2,17,19,22). The summed E-state index contributed by atoms with van der Waals surface area (Å²) in [5.74, 6) is -0.952. The number of hydrogen-bond donors (Lipinski definition) is 1. The van der Waals surface area contributed by atoms with E-state index in [-0.39, 0.29) is 17.5 Å². The Balaban J connectivity index is 2.94. The van der Waals surface area contributed by atoms with E-state index in [4.69, 9.17) is 5.73 Å². The van der Waals surface area contributed by atoms with Gasteiger partial charge >= 0.3 is 0 Å². The molecule has 7 nitrogen and oxygen atoms in total. The molecule has 0 radical (unpaired) electrons. The maximum atomic E-state index is 12.1. The predicted octanol–water partition coefficient (Wildman–Crippen LogP) is 1.38. The van der Waals surface area contributed by atoms with Crippen LogP contribution in [0.15, 0.2) is 22.1 Å². The summed E-state index contributed by atoms with van der Waals surface area (Å²) in [6.07, 6.45) is 0. The molecule has 2 rings (SSSR count). The van der Waals surface area contributed by atoms with Crippen LogP contribution in [-0.2, 0) is 4.79 Å². The lowest BCUT2D eigenvalue weighted by molar-refractivity contribution is -0.115. The summed E-state index contributed by atoms with van der Waals surface area (Å²) in [6.45, 7) is 8.49. The highest BCUT2D eigenvalue weighted by Crippen LogP contribution is 2.20. The third-order valence-corrected chi connectivity index (χ3v) is 3.51. The summed E-state index contributed by atoms with van der Waals surface area (Å²) in [5, 5.41) is 0.865. The first kappa shape index (κ1) is 16.5. The number of aryl methyl sites for hydroxylation is 3. The largest absolute Gasteiger partial charge is 0.368 e. The number of carbonyl (C=O) groups is 2. The number of aliphatic imine (C=N–C) groups is 1. The van der Waals surface area contributed by atoms with E-state index >= 15 is 0 Å². The number of guanidine groups is 1. The molecule has 23 heavy (non-hydrogen) atoms. The zero-order chi connectivity index (χ0) is 17.3. The molecule has 0 spiro atoms. The molecular formula is C16H19N5O2. The van der Waals surface area contributed by atoms with E-state index in [0.29, 0.717) is 5.52 Å². The third kappa shape index (κ3) is 3.33. The molecule has 7 heteroatoms. The van der Waals surface area contributed by atoms with Gasteiger partial charge in [0.2, 0.25) is 23.4 Å². The van der Waals surface area contributed by atoms with Crippen LogP contribution in [0.5, 0.6) is 0 Å². The van der Waals surface area contributed by atoms with Crippen molar-refractivity contribution in [1.29, 1.82) is 0 Å². The fourth-order valence-electron chi connectivity index (χ4n) is 2.32. The second kappa shape index (κ2) is 6.12. The zero-order valence-corrected chi connectivity index (χ0v) is 13.8. The minimum Gasteiger partial charge on any atom is -0.368 e. The van der Waals surface area contributed by atoms with Gasteiger partial charge < -0.3 is 5.73 Å². The Bertz CT molecular complexity index is 922. The average Bonchev–Trinajstić information content (AvgIpc) is 2.39. The van der Waals surface area contributed by atoms with E-state index in [0.717, 1.165) is 22.2 Å². The van der Waals surface area contributed by atoms with Crippen LogP contribution >= 0.6 is 0 Å². The Kier molecular flexibility index (Phi) is 4.40. The highest BCUT2D eigenvalue weighted by Gasteiger charge is 2.12. The van der Waals surface area contributed by atoms with Crippen LogP contribution in [0.1, 0.15) is 35.5 Å². The number of carbonyl (C=O) groups excluding carboxylic acids is 2. The Morgan fingerprint density at radius 1 is 1.13 bits per heavy atom. The van der Waals surface area contributed by atoms with Gasteiger partial charge in [0.25, 0.3) is 0 Å². The number of amides is 1. The molecule has 0 aliphatic carbocycles. The molecule has 1 amide bonds. The molecule has 0 saturated carbocycles. The van der Waals surface area contributed by atoms with Gasteiger partial charge in [0.1, 0.15) is 0 Å². The average molecular weight is 313 g/mol. The van der Waals surface area contributed by atoms with Gasteiger partial charge in [0.15, 0.2) is 0 Å². The van der Waals surface area contributed by atoms with E-state index in [1.807, 2.05) is 32.9 Å². The maximum absolute atomic E-state index is 12.1. The summed E-state index contributed by atoms with van der Waals surface area (Å²) < 4.78 is 1.37. The number of rotatable bonds is 0. The van der Waals surface area contributed by atoms with Crippen LogP contribution in [-0.4, -0.2) is 27.3 Å². The molecule has 1 aromatic carbocycles. The van der Waals surface area contributed by atoms with Crippen molar-refractivity contribution in [1.82, 2.24) is 9.55 Å². The molecular weight excluding hydrogens is 294 g/mol. The van der Waals surface area contributed by atoms with Crippen molar-refractivity contribution in [3.8, 4) is 0 Å². The Morgan fingerprint density at radius 3 is 2.30 bits per heavy atom. The lowest BCUT2D eigenvalue weighted by Crippen LogP contribution is -2.32. The van der Waals surface area contributed by atoms with Gasteiger partial charge in [-0.25, -0.2) is 9.55 Å². The number of nitrogens with zero attached hydrogens (tertiary/aromatic N) is 4. The minimum atomic E-state index is -0.468. The summed E-state index contributed by atoms with van der Waals surface area (Å²) >= 11 is 0. The van der Waals surface area contributed by atoms with Crippen LogP contribution in [0.4, 0.5) is 0 Å². The predicted molar refractivity (Wildman–Crippen MR) is 88.1 cm³/mol. The van der Waals surface area contributed by atoms with Crippen molar-refractivity contribution in [3.63, 3.8) is 0 Å². The van der Waals surface area contributed by atoms with Gasteiger partial charge in [-0.05, 0) is 44.0 Å². The van der Waals surface area contributed by atoms with E-state index in [1.54, 1.807) is 0 Å². The third-order valence-electron chi connectivity index (χ3n) is 3.51. The Morgan fingerprint density at radius 2 is 1.74 bits per heavy atom. The van der Waals surface area contributed by atoms with E-state index in [9.17, 15) is 9.59 Å². The van der Waals surface area contributed by atoms with Crippen LogP contribution in [0.25, 0.3) is 10.9 Å². The minimum absolute atomic E-state index is 0.105. The summed E-state index contributed by atoms with van der Waals surface area (Å²) in [7, 11) is 0. The molecule has 1 heterocycles. The topological polar surface area (TPSA) is 103 Å². The van der Waals surface area contributed by atoms with Gasteiger partial charge in [0.05, 0.1) is 11.2 Å². The SMILES string of the molecule is CC(=O)N=C(N)N=c1nc(C)c2cc(C)c(C)cc2n1C(C)=O. The number of aromatic nitrogens is 2. The molecule has 0 bridgehead atoms. The van der Waals surface area contributed by atoms with Crippen molar-refractivity contribution < 1.29 is 9.59 Å². The van der Waals surface area contributed by atoms with Crippen LogP contribution < -0.4 is 11.4 Å². The van der Waals surface area contributed by atoms with Crippen LogP contribution in [0, 0.1) is 20.8 Å². The summed E-state index contributed by atoms with van der Waals surface area (Å²) in [5.41, 5.74) is 9.30. The molecule has 0 aliphatic heterocycles. The fourth-order valence-corrected chi connectivity index (χ4v) is 2.32. The Hall–Kier alpha value is -2.83. The van der Waals surface area contributed by atoms with Gasteiger partial charge in [-0.2, -0.15) is 9.98 Å². The fraction of sp³-hybridized carbons (Fsp3) is 0.312. The molecule has 0 aliphatic rings. The zero-order valence-electron chi connectivity index (χ0n) is 13.8. The van der Waals surface area contributed by atoms with E-state index in [1.165, 1.54) is 18.4 Å². The molecule has 2 N–H and O–H groups in total. The molecule has 0 unspecified atom stereocenters. The van der Waals surface area contributed by atoms with E-state index in [2.05, 4.69) is 15.0 Å². The Labute approximate surface area is 133 Å². The highest BCUT2D eigenvalue weighted by atomic mass is 16.2. The number of nitrogens with two attached hydrogens (primary N) is 1. The molecule has 1 aromatic heterocycles. The van der Waals surface area contributed by atoms with Crippen molar-refractivity contribution in [3.05, 3.63) is 34.6 Å². The van der Waals surface area contributed by atoms with Crippen molar-refractivity contribution in [2.75, 3.05) is 0 Å². The van der Waals surface area contributed by atoms with Gasteiger partial charge in [-0.3, -0.25) is 9.59 Å². The first-order valence-electron chi connectivity index (χ1n) is 7.11. The monoisotopic (exact) mass is 313 g/mol. The number of fused-ring (bicyclic) bond motifs is 1. The first-order valence-corrected chi connectivity index (χ1v) is 7.11. The highest BCUT2D eigenvalue weighted by molar-refractivity contribution is 5.93. The van der Waals surface area contributed by atoms with Crippen molar-refractivity contribution in [2.45, 2.75) is 34.6 Å². The second-order valence-corrected chi connectivity index (χ2v) is 5.41. The number of hydrogen-bond acceptors (Lipinski definition) is 3. The van der Waals surface area contributed by atoms with Crippen molar-refractivity contribution in [2.24, 2.45) is 15.7 Å². The summed E-state index contributed by atoms with van der Waals surface area (Å²) in [6, 6.07) is 3.90. The number of benzene rings is 1. The molecule has 0 fully saturated rings. The maximum Gasteiger partial charge on any atom is 0.245 e. The van der Waals surface area contributed by atoms with Gasteiger partial charge in [-0.15, -0.1) is 0 Å². The second-order valence-electron chi connectivity index (χ2n) is 5.41. The smallest absolute Gasteiger partial charge is 0.245 e. The van der Waals surface area contributed by atoms with Crippen LogP contribution in [0.2, 0.25) is 0 Å². The lowest BCUT2D eigenvalue weighted by Gasteiger charge is -2.12. The quantitative estimate of drug-likeness (QED) is 0.586. The molecule has 0 atom stereocenters. The van der Waals surface area contributed by atoms with Crippen molar-refractivity contribution >= 4 is 28.7 Å². The molecule has 0 saturated heterocycles. The van der Waals surface area contributed by atoms with Crippen LogP contribution in [0.3, 0.4) is 0 Å². The van der Waals surface area contributed by atoms with Gasteiger partial charge in [0, 0.05) is 19.2 Å². The van der Waals surface area contributed by atoms with Gasteiger partial charge in [-0.1, -0.05) is 0 Å². The lowest BCUT2D eigenvalue weighted by atomic mass is 10.1.